The smallest absolute Gasteiger partial charge is 0.133 e. The fraction of sp³-hybridized carbons (Fsp3) is 0.818. The summed E-state index contributed by atoms with van der Waals surface area (Å²) in [5.41, 5.74) is 0.159. The van der Waals surface area contributed by atoms with Gasteiger partial charge in [-0.05, 0) is 32.1 Å². The highest BCUT2D eigenvalue weighted by molar-refractivity contribution is 5.88. The zero-order valence-corrected chi connectivity index (χ0v) is 8.89. The van der Waals surface area contributed by atoms with Gasteiger partial charge in [0.1, 0.15) is 11.6 Å². The van der Waals surface area contributed by atoms with Gasteiger partial charge in [0, 0.05) is 11.8 Å². The first kappa shape index (κ1) is 10.4. The van der Waals surface area contributed by atoms with Crippen molar-refractivity contribution < 1.29 is 9.59 Å². The third-order valence-electron chi connectivity index (χ3n) is 3.08. The molecule has 13 heavy (non-hydrogen) atoms. The normalized spacial score (nSPS) is 31.7. The van der Waals surface area contributed by atoms with Crippen LogP contribution in [-0.2, 0) is 9.59 Å². The van der Waals surface area contributed by atoms with Gasteiger partial charge >= 0.3 is 0 Å². The fourth-order valence-electron chi connectivity index (χ4n) is 2.41. The second kappa shape index (κ2) is 3.24. The summed E-state index contributed by atoms with van der Waals surface area (Å²) in [7, 11) is 0. The molecular formula is C11H18O2. The van der Waals surface area contributed by atoms with E-state index in [1.54, 1.807) is 13.8 Å². The zero-order valence-electron chi connectivity index (χ0n) is 8.89. The number of carbonyl (C=O) groups excluding carboxylic acids is 2. The summed E-state index contributed by atoms with van der Waals surface area (Å²) in [6.07, 6.45) is 1.74. The maximum Gasteiger partial charge on any atom is 0.133 e. The standard InChI is InChI=1S/C11H18O2/c1-7(12)9-5-11(3,4)6-10(9)8(2)13/h9-10H,5-6H2,1-4H3/t9-,10+. The van der Waals surface area contributed by atoms with Crippen molar-refractivity contribution in [2.45, 2.75) is 40.5 Å². The highest BCUT2D eigenvalue weighted by atomic mass is 16.1. The zero-order chi connectivity index (χ0) is 10.2. The first-order valence-corrected chi connectivity index (χ1v) is 4.84. The molecule has 0 radical (unpaired) electrons. The van der Waals surface area contributed by atoms with Gasteiger partial charge in [0.25, 0.3) is 0 Å². The van der Waals surface area contributed by atoms with Crippen LogP contribution in [0.5, 0.6) is 0 Å². The van der Waals surface area contributed by atoms with Gasteiger partial charge in [-0.1, -0.05) is 13.8 Å². The highest BCUT2D eigenvalue weighted by Gasteiger charge is 2.43. The van der Waals surface area contributed by atoms with Crippen LogP contribution in [0.4, 0.5) is 0 Å². The number of ketones is 2. The van der Waals surface area contributed by atoms with Crippen LogP contribution < -0.4 is 0 Å². The van der Waals surface area contributed by atoms with E-state index in [4.69, 9.17) is 0 Å². The van der Waals surface area contributed by atoms with Gasteiger partial charge in [-0.2, -0.15) is 0 Å². The molecule has 0 spiro atoms. The summed E-state index contributed by atoms with van der Waals surface area (Å²) >= 11 is 0. The van der Waals surface area contributed by atoms with E-state index in [1.165, 1.54) is 0 Å². The Labute approximate surface area is 79.7 Å². The van der Waals surface area contributed by atoms with Crippen LogP contribution in [0.2, 0.25) is 0 Å². The van der Waals surface area contributed by atoms with E-state index in [9.17, 15) is 9.59 Å². The van der Waals surface area contributed by atoms with Crippen LogP contribution in [0.1, 0.15) is 40.5 Å². The van der Waals surface area contributed by atoms with E-state index in [0.717, 1.165) is 12.8 Å². The first-order valence-electron chi connectivity index (χ1n) is 4.84. The van der Waals surface area contributed by atoms with Crippen LogP contribution in [0, 0.1) is 17.3 Å². The van der Waals surface area contributed by atoms with Gasteiger partial charge in [-0.15, -0.1) is 0 Å². The lowest BCUT2D eigenvalue weighted by atomic mass is 9.90. The minimum atomic E-state index is -0.0208. The van der Waals surface area contributed by atoms with Crippen LogP contribution in [0.15, 0.2) is 0 Å². The minimum absolute atomic E-state index is 0.0208. The van der Waals surface area contributed by atoms with Gasteiger partial charge in [-0.25, -0.2) is 0 Å². The molecule has 0 aromatic carbocycles. The quantitative estimate of drug-likeness (QED) is 0.656. The van der Waals surface area contributed by atoms with Crippen LogP contribution in [0.25, 0.3) is 0 Å². The summed E-state index contributed by atoms with van der Waals surface area (Å²) in [6.45, 7) is 7.46. The van der Waals surface area contributed by atoms with Crippen molar-refractivity contribution in [2.24, 2.45) is 17.3 Å². The Balaban J connectivity index is 2.83. The van der Waals surface area contributed by atoms with E-state index >= 15 is 0 Å². The van der Waals surface area contributed by atoms with Crippen LogP contribution in [0.3, 0.4) is 0 Å². The molecule has 1 rings (SSSR count). The lowest BCUT2D eigenvalue weighted by Crippen LogP contribution is -2.21. The average Bonchev–Trinajstić information content (AvgIpc) is 2.26. The van der Waals surface area contributed by atoms with Gasteiger partial charge in [0.2, 0.25) is 0 Å². The topological polar surface area (TPSA) is 34.1 Å². The highest BCUT2D eigenvalue weighted by Crippen LogP contribution is 2.45. The van der Waals surface area contributed by atoms with Gasteiger partial charge in [0.15, 0.2) is 0 Å². The second-order valence-electron chi connectivity index (χ2n) is 5.01. The Kier molecular flexibility index (Phi) is 2.60. The monoisotopic (exact) mass is 182 g/mol. The van der Waals surface area contributed by atoms with Crippen LogP contribution >= 0.6 is 0 Å². The van der Waals surface area contributed by atoms with Crippen molar-refractivity contribution in [1.29, 1.82) is 0 Å². The SMILES string of the molecule is CC(=O)[C@H]1CC(C)(C)C[C@H]1C(C)=O. The molecule has 0 bridgehead atoms. The van der Waals surface area contributed by atoms with E-state index in [2.05, 4.69) is 13.8 Å². The van der Waals surface area contributed by atoms with Gasteiger partial charge in [-0.3, -0.25) is 9.59 Å². The van der Waals surface area contributed by atoms with E-state index in [1.807, 2.05) is 0 Å². The number of carbonyl (C=O) groups is 2. The molecule has 0 aromatic rings. The molecule has 2 heteroatoms. The Hall–Kier alpha value is -0.660. The Morgan fingerprint density at radius 2 is 1.31 bits per heavy atom. The average molecular weight is 182 g/mol. The molecule has 1 aliphatic rings. The number of rotatable bonds is 2. The van der Waals surface area contributed by atoms with E-state index < -0.39 is 0 Å². The second-order valence-corrected chi connectivity index (χ2v) is 5.01. The summed E-state index contributed by atoms with van der Waals surface area (Å²) < 4.78 is 0. The molecular weight excluding hydrogens is 164 g/mol. The van der Waals surface area contributed by atoms with E-state index in [0.29, 0.717) is 0 Å². The molecule has 0 amide bonds. The predicted octanol–water partition coefficient (Wildman–Crippen LogP) is 2.22. The fourth-order valence-corrected chi connectivity index (χ4v) is 2.41. The van der Waals surface area contributed by atoms with Crippen molar-refractivity contribution in [3.8, 4) is 0 Å². The van der Waals surface area contributed by atoms with Crippen molar-refractivity contribution in [3.05, 3.63) is 0 Å². The minimum Gasteiger partial charge on any atom is -0.300 e. The molecule has 0 N–H and O–H groups in total. The molecule has 2 nitrogen and oxygen atoms in total. The third-order valence-corrected chi connectivity index (χ3v) is 3.08. The molecule has 0 heterocycles. The lowest BCUT2D eigenvalue weighted by molar-refractivity contribution is -0.128. The predicted molar refractivity (Wildman–Crippen MR) is 51.4 cm³/mol. The molecule has 1 saturated carbocycles. The molecule has 1 fully saturated rings. The van der Waals surface area contributed by atoms with Crippen molar-refractivity contribution in [3.63, 3.8) is 0 Å². The molecule has 2 atom stereocenters. The molecule has 0 aromatic heterocycles. The lowest BCUT2D eigenvalue weighted by Gasteiger charge is -2.15. The summed E-state index contributed by atoms with van der Waals surface area (Å²) in [6, 6.07) is 0. The van der Waals surface area contributed by atoms with Crippen molar-refractivity contribution in [1.82, 2.24) is 0 Å². The van der Waals surface area contributed by atoms with E-state index in [-0.39, 0.29) is 28.8 Å². The maximum absolute atomic E-state index is 11.3. The molecule has 1 aliphatic carbocycles. The largest absolute Gasteiger partial charge is 0.300 e. The molecule has 0 saturated heterocycles. The van der Waals surface area contributed by atoms with Gasteiger partial charge in [0.05, 0.1) is 0 Å². The first-order chi connectivity index (χ1) is 5.83. The Bertz CT molecular complexity index is 216. The van der Waals surface area contributed by atoms with Crippen LogP contribution in [-0.4, -0.2) is 11.6 Å². The van der Waals surface area contributed by atoms with Crippen molar-refractivity contribution in [2.75, 3.05) is 0 Å². The Morgan fingerprint density at radius 3 is 1.54 bits per heavy atom. The Morgan fingerprint density at radius 1 is 1.00 bits per heavy atom. The molecule has 74 valence electrons. The summed E-state index contributed by atoms with van der Waals surface area (Å²) in [4.78, 5) is 22.6. The molecule has 0 unspecified atom stereocenters. The summed E-state index contributed by atoms with van der Waals surface area (Å²) in [5, 5.41) is 0. The molecule has 0 aliphatic heterocycles. The van der Waals surface area contributed by atoms with Crippen molar-refractivity contribution >= 4 is 11.6 Å². The summed E-state index contributed by atoms with van der Waals surface area (Å²) in [5.74, 6) is 0.302. The number of hydrogen-bond acceptors (Lipinski definition) is 2. The number of hydrogen-bond donors (Lipinski definition) is 0. The van der Waals surface area contributed by atoms with Gasteiger partial charge < -0.3 is 0 Å². The number of Topliss-reactive ketones (excluding diaryl/α,β-unsaturated/α-hetero) is 2. The maximum atomic E-state index is 11.3. The third kappa shape index (κ3) is 2.17.